The summed E-state index contributed by atoms with van der Waals surface area (Å²) in [7, 11) is 1.74. The molecule has 2 aromatic rings. The van der Waals surface area contributed by atoms with Gasteiger partial charge in [0.25, 0.3) is 0 Å². The van der Waals surface area contributed by atoms with Gasteiger partial charge < -0.3 is 9.84 Å². The minimum Gasteiger partial charge on any atom is -0.508 e. The molecule has 1 aliphatic heterocycles. The van der Waals surface area contributed by atoms with E-state index in [1.54, 1.807) is 7.11 Å². The van der Waals surface area contributed by atoms with E-state index in [9.17, 15) is 5.11 Å². The molecular formula is C26H34ClNO2. The van der Waals surface area contributed by atoms with Gasteiger partial charge in [-0.25, -0.2) is 0 Å². The number of hydrogen-bond acceptors (Lipinski definition) is 3. The Hall–Kier alpha value is -1.71. The highest BCUT2D eigenvalue weighted by molar-refractivity contribution is 5.85. The van der Waals surface area contributed by atoms with Crippen molar-refractivity contribution in [2.45, 2.75) is 62.8 Å². The van der Waals surface area contributed by atoms with Crippen LogP contribution in [0.15, 0.2) is 42.5 Å². The first-order chi connectivity index (χ1) is 14.2. The average Bonchev–Trinajstić information content (AvgIpc) is 2.76. The molecule has 1 N–H and O–H groups in total. The number of nitrogens with zero attached hydrogens (tertiary/aromatic N) is 1. The van der Waals surface area contributed by atoms with Gasteiger partial charge in [-0.05, 0) is 98.5 Å². The van der Waals surface area contributed by atoms with Gasteiger partial charge in [0.15, 0.2) is 0 Å². The maximum Gasteiger partial charge on any atom is 0.119 e. The quantitative estimate of drug-likeness (QED) is 0.682. The molecule has 30 heavy (non-hydrogen) atoms. The van der Waals surface area contributed by atoms with Crippen molar-refractivity contribution in [3.05, 3.63) is 59.2 Å². The zero-order valence-electron chi connectivity index (χ0n) is 18.0. The number of phenolic OH excluding ortho intramolecular Hbond substituents is 1. The summed E-state index contributed by atoms with van der Waals surface area (Å²) in [6.07, 6.45) is 10.1. The molecule has 2 bridgehead atoms. The maximum atomic E-state index is 10.2. The summed E-state index contributed by atoms with van der Waals surface area (Å²) in [6, 6.07) is 15.4. The second-order valence-corrected chi connectivity index (χ2v) is 9.36. The van der Waals surface area contributed by atoms with Crippen molar-refractivity contribution in [2.24, 2.45) is 5.92 Å². The van der Waals surface area contributed by atoms with Crippen LogP contribution in [0.3, 0.4) is 0 Å². The summed E-state index contributed by atoms with van der Waals surface area (Å²) in [5.41, 5.74) is 4.66. The number of fused-ring (bicyclic) bond motifs is 1. The van der Waals surface area contributed by atoms with Gasteiger partial charge in [-0.1, -0.05) is 31.0 Å². The summed E-state index contributed by atoms with van der Waals surface area (Å²) in [5, 5.41) is 10.2. The molecule has 1 saturated carbocycles. The lowest BCUT2D eigenvalue weighted by atomic mass is 9.52. The summed E-state index contributed by atoms with van der Waals surface area (Å²) >= 11 is 0. The normalized spacial score (nSPS) is 27.5. The third-order valence-electron chi connectivity index (χ3n) is 7.98. The molecular weight excluding hydrogens is 394 g/mol. The third-order valence-corrected chi connectivity index (χ3v) is 7.98. The zero-order chi connectivity index (χ0) is 19.8. The number of benzene rings is 2. The van der Waals surface area contributed by atoms with Crippen LogP contribution >= 0.6 is 12.4 Å². The molecule has 2 aromatic carbocycles. The van der Waals surface area contributed by atoms with Gasteiger partial charge in [0, 0.05) is 11.5 Å². The van der Waals surface area contributed by atoms with Crippen molar-refractivity contribution >= 4 is 12.4 Å². The first kappa shape index (κ1) is 21.5. The van der Waals surface area contributed by atoms with E-state index in [-0.39, 0.29) is 12.4 Å². The fourth-order valence-electron chi connectivity index (χ4n) is 6.66. The third kappa shape index (κ3) is 3.71. The predicted octanol–water partition coefficient (Wildman–Crippen LogP) is 5.51. The molecule has 2 aliphatic carbocycles. The molecule has 1 heterocycles. The molecule has 0 aromatic heterocycles. The number of aromatic hydroxyl groups is 1. The van der Waals surface area contributed by atoms with Gasteiger partial charge in [-0.15, -0.1) is 12.4 Å². The number of aryl methyl sites for hydroxylation is 1. The molecule has 2 fully saturated rings. The molecule has 0 radical (unpaired) electrons. The summed E-state index contributed by atoms with van der Waals surface area (Å²) in [5.74, 6) is 2.16. The van der Waals surface area contributed by atoms with Gasteiger partial charge >= 0.3 is 0 Å². The number of piperidine rings is 1. The first-order valence-corrected chi connectivity index (χ1v) is 11.4. The monoisotopic (exact) mass is 427 g/mol. The Morgan fingerprint density at radius 3 is 2.90 bits per heavy atom. The van der Waals surface area contributed by atoms with Gasteiger partial charge in [-0.3, -0.25) is 4.90 Å². The van der Waals surface area contributed by atoms with E-state index in [0.717, 1.165) is 24.5 Å². The van der Waals surface area contributed by atoms with E-state index in [1.807, 2.05) is 12.1 Å². The van der Waals surface area contributed by atoms with Crippen molar-refractivity contribution in [1.29, 1.82) is 0 Å². The van der Waals surface area contributed by atoms with Gasteiger partial charge in [0.05, 0.1) is 7.11 Å². The molecule has 1 saturated heterocycles. The lowest BCUT2D eigenvalue weighted by Gasteiger charge is -2.59. The fraction of sp³-hybridized carbons (Fsp3) is 0.538. The number of phenols is 1. The van der Waals surface area contributed by atoms with Crippen LogP contribution in [0.1, 0.15) is 55.2 Å². The molecule has 0 unspecified atom stereocenters. The van der Waals surface area contributed by atoms with Crippen LogP contribution in [0, 0.1) is 5.92 Å². The van der Waals surface area contributed by atoms with Crippen LogP contribution in [0.5, 0.6) is 11.5 Å². The summed E-state index contributed by atoms with van der Waals surface area (Å²) in [6.45, 7) is 2.39. The van der Waals surface area contributed by atoms with Crippen LogP contribution in [0.25, 0.3) is 0 Å². The Bertz CT molecular complexity index is 885. The predicted molar refractivity (Wildman–Crippen MR) is 124 cm³/mol. The summed E-state index contributed by atoms with van der Waals surface area (Å²) in [4.78, 5) is 2.80. The zero-order valence-corrected chi connectivity index (χ0v) is 18.8. The lowest BCUT2D eigenvalue weighted by molar-refractivity contribution is -0.0116. The van der Waals surface area contributed by atoms with Crippen LogP contribution in [-0.2, 0) is 18.3 Å². The smallest absolute Gasteiger partial charge is 0.119 e. The minimum absolute atomic E-state index is 0. The molecule has 3 nitrogen and oxygen atoms in total. The van der Waals surface area contributed by atoms with E-state index < -0.39 is 0 Å². The Balaban J connectivity index is 0.00000218. The van der Waals surface area contributed by atoms with Crippen molar-refractivity contribution in [3.63, 3.8) is 0 Å². The Morgan fingerprint density at radius 1 is 1.13 bits per heavy atom. The van der Waals surface area contributed by atoms with Gasteiger partial charge in [0.1, 0.15) is 11.5 Å². The highest BCUT2D eigenvalue weighted by Gasteiger charge is 2.53. The summed E-state index contributed by atoms with van der Waals surface area (Å²) < 4.78 is 5.38. The molecule has 3 atom stereocenters. The highest BCUT2D eigenvalue weighted by atomic mass is 35.5. The molecule has 162 valence electrons. The molecule has 0 spiro atoms. The first-order valence-electron chi connectivity index (χ1n) is 11.4. The topological polar surface area (TPSA) is 32.7 Å². The maximum absolute atomic E-state index is 10.2. The lowest BCUT2D eigenvalue weighted by Crippen LogP contribution is -2.61. The van der Waals surface area contributed by atoms with Crippen molar-refractivity contribution < 1.29 is 9.84 Å². The molecule has 0 amide bonds. The molecule has 3 aliphatic rings. The van der Waals surface area contributed by atoms with Crippen molar-refractivity contribution in [3.8, 4) is 11.5 Å². The van der Waals surface area contributed by atoms with E-state index in [1.165, 1.54) is 68.3 Å². The minimum atomic E-state index is 0. The SMILES string of the molecule is COc1cccc(CCCN2CC[C@]34CCCC[C@H]3[C@H]2Cc2ccc(O)cc24)c1.Cl. The number of halogens is 1. The second-order valence-electron chi connectivity index (χ2n) is 9.36. The number of methoxy groups -OCH3 is 1. The van der Waals surface area contributed by atoms with E-state index >= 15 is 0 Å². The standard InChI is InChI=1S/C26H33NO2.ClH/c1-29-22-8-4-6-19(16-22)7-5-14-27-15-13-26-12-3-2-9-23(26)25(27)17-20-10-11-21(28)18-24(20)26;/h4,6,8,10-11,16,18,23,25,28H,2-3,5,7,9,12-15,17H2,1H3;1H/t23-,25+,26+;/m0./s1. The molecule has 4 heteroatoms. The largest absolute Gasteiger partial charge is 0.508 e. The van der Waals surface area contributed by atoms with E-state index in [4.69, 9.17) is 4.74 Å². The van der Waals surface area contributed by atoms with Crippen molar-refractivity contribution in [2.75, 3.05) is 20.2 Å². The average molecular weight is 428 g/mol. The fourth-order valence-corrected chi connectivity index (χ4v) is 6.66. The van der Waals surface area contributed by atoms with Gasteiger partial charge in [-0.2, -0.15) is 0 Å². The number of hydrogen-bond donors (Lipinski definition) is 1. The number of rotatable bonds is 5. The van der Waals surface area contributed by atoms with Crippen molar-refractivity contribution in [1.82, 2.24) is 4.90 Å². The number of likely N-dealkylation sites (tertiary alicyclic amines) is 1. The number of ether oxygens (including phenoxy) is 1. The van der Waals surface area contributed by atoms with E-state index in [2.05, 4.69) is 35.2 Å². The van der Waals surface area contributed by atoms with E-state index in [0.29, 0.717) is 17.2 Å². The molecule has 5 rings (SSSR count). The highest BCUT2D eigenvalue weighted by Crippen LogP contribution is 2.56. The Kier molecular flexibility index (Phi) is 6.31. The van der Waals surface area contributed by atoms with Crippen LogP contribution in [0.4, 0.5) is 0 Å². The Morgan fingerprint density at radius 2 is 2.03 bits per heavy atom. The Labute approximate surface area is 186 Å². The second kappa shape index (κ2) is 8.80. The van der Waals surface area contributed by atoms with Crippen LogP contribution < -0.4 is 4.74 Å². The van der Waals surface area contributed by atoms with Gasteiger partial charge in [0.2, 0.25) is 0 Å². The van der Waals surface area contributed by atoms with Crippen LogP contribution in [0.2, 0.25) is 0 Å². The van der Waals surface area contributed by atoms with Crippen LogP contribution in [-0.4, -0.2) is 36.2 Å².